The molecule has 0 fully saturated rings. The lowest BCUT2D eigenvalue weighted by atomic mass is 10.2. The van der Waals surface area contributed by atoms with Crippen molar-refractivity contribution in [3.05, 3.63) is 60.1 Å². The molecule has 0 aliphatic carbocycles. The van der Waals surface area contributed by atoms with Gasteiger partial charge in [0.05, 0.1) is 32.2 Å². The summed E-state index contributed by atoms with van der Waals surface area (Å²) in [6.07, 6.45) is 4.45. The monoisotopic (exact) mass is 420 g/mol. The molecule has 0 bridgehead atoms. The molecule has 1 heterocycles. The molecule has 8 nitrogen and oxygen atoms in total. The van der Waals surface area contributed by atoms with Gasteiger partial charge in [0, 0.05) is 11.8 Å². The molecular weight excluding hydrogens is 395 g/mol. The average Bonchev–Trinajstić information content (AvgIpc) is 3.20. The van der Waals surface area contributed by atoms with Gasteiger partial charge in [-0.3, -0.25) is 14.2 Å². The van der Waals surface area contributed by atoms with Gasteiger partial charge < -0.3 is 24.1 Å². The van der Waals surface area contributed by atoms with Crippen LogP contribution in [0.3, 0.4) is 0 Å². The highest BCUT2D eigenvalue weighted by molar-refractivity contribution is 7.53. The third kappa shape index (κ3) is 8.07. The maximum Gasteiger partial charge on any atom is 0.335 e. The molecule has 0 saturated heterocycles. The van der Waals surface area contributed by atoms with E-state index in [0.29, 0.717) is 24.7 Å². The Morgan fingerprint density at radius 1 is 1.10 bits per heavy atom. The van der Waals surface area contributed by atoms with E-state index in [1.165, 1.54) is 18.4 Å². The number of carbonyl (C=O) groups excluding carboxylic acids is 2. The van der Waals surface area contributed by atoms with Crippen molar-refractivity contribution < 1.29 is 27.6 Å². The Balaban J connectivity index is 1.81. The number of nitrogens with one attached hydrogen (secondary N) is 2. The first-order valence-corrected chi connectivity index (χ1v) is 10.9. The van der Waals surface area contributed by atoms with E-state index in [9.17, 15) is 14.2 Å². The molecule has 0 aliphatic heterocycles. The summed E-state index contributed by atoms with van der Waals surface area (Å²) >= 11 is 0. The van der Waals surface area contributed by atoms with Gasteiger partial charge in [0.2, 0.25) is 11.8 Å². The van der Waals surface area contributed by atoms with Crippen molar-refractivity contribution in [3.63, 3.8) is 0 Å². The van der Waals surface area contributed by atoms with Crippen LogP contribution in [0.2, 0.25) is 0 Å². The molecule has 2 rings (SSSR count). The van der Waals surface area contributed by atoms with Crippen LogP contribution >= 0.6 is 7.60 Å². The molecule has 9 heteroatoms. The van der Waals surface area contributed by atoms with Gasteiger partial charge in [0.25, 0.3) is 0 Å². The number of rotatable bonds is 11. The highest BCUT2D eigenvalue weighted by Gasteiger charge is 2.23. The van der Waals surface area contributed by atoms with Crippen molar-refractivity contribution in [1.29, 1.82) is 0 Å². The van der Waals surface area contributed by atoms with E-state index in [0.717, 1.165) is 5.56 Å². The highest BCUT2D eigenvalue weighted by atomic mass is 31.2. The van der Waals surface area contributed by atoms with Gasteiger partial charge >= 0.3 is 7.60 Å². The Hall–Kier alpha value is -2.67. The quantitative estimate of drug-likeness (QED) is 0.423. The summed E-state index contributed by atoms with van der Waals surface area (Å²) in [4.78, 5) is 23.7. The Labute approximate surface area is 169 Å². The summed E-state index contributed by atoms with van der Waals surface area (Å²) in [6, 6.07) is 10.3. The fraction of sp³-hybridized carbons (Fsp3) is 0.300. The largest absolute Gasteiger partial charge is 0.465 e. The Kier molecular flexibility index (Phi) is 8.86. The first-order valence-electron chi connectivity index (χ1n) is 9.20. The number of furan rings is 1. The fourth-order valence-corrected chi connectivity index (χ4v) is 4.12. The van der Waals surface area contributed by atoms with E-state index in [4.69, 9.17) is 13.5 Å². The third-order valence-electron chi connectivity index (χ3n) is 3.63. The normalized spacial score (nSPS) is 11.5. The molecular formula is C20H25N2O6P. The minimum absolute atomic E-state index is 0.154. The van der Waals surface area contributed by atoms with E-state index in [1.807, 2.05) is 0 Å². The first kappa shape index (κ1) is 22.6. The molecule has 0 unspecified atom stereocenters. The van der Waals surface area contributed by atoms with Gasteiger partial charge in [-0.05, 0) is 49.8 Å². The van der Waals surface area contributed by atoms with E-state index in [1.54, 1.807) is 50.2 Å². The average molecular weight is 420 g/mol. The third-order valence-corrected chi connectivity index (χ3v) is 5.69. The van der Waals surface area contributed by atoms with Crippen molar-refractivity contribution in [2.24, 2.45) is 0 Å². The SMILES string of the molecule is CCOP(=O)(Cc1ccc(NC(=O)CNC(=O)/C=C\c2ccco2)cc1)OCC. The lowest BCUT2D eigenvalue weighted by molar-refractivity contribution is -0.121. The number of hydrogen-bond acceptors (Lipinski definition) is 6. The second kappa shape index (κ2) is 11.4. The number of hydrogen-bond donors (Lipinski definition) is 2. The maximum atomic E-state index is 12.6. The van der Waals surface area contributed by atoms with E-state index in [2.05, 4.69) is 10.6 Å². The molecule has 1 aromatic carbocycles. The Morgan fingerprint density at radius 3 is 2.38 bits per heavy atom. The van der Waals surface area contributed by atoms with Crippen molar-refractivity contribution in [2.75, 3.05) is 25.1 Å². The molecule has 156 valence electrons. The predicted molar refractivity (Wildman–Crippen MR) is 110 cm³/mol. The molecule has 2 N–H and O–H groups in total. The number of benzene rings is 1. The topological polar surface area (TPSA) is 107 Å². The van der Waals surface area contributed by atoms with Gasteiger partial charge in [0.1, 0.15) is 5.76 Å². The summed E-state index contributed by atoms with van der Waals surface area (Å²) in [6.45, 7) is 3.94. The van der Waals surface area contributed by atoms with Crippen LogP contribution < -0.4 is 10.6 Å². The van der Waals surface area contributed by atoms with Gasteiger partial charge in [-0.25, -0.2) is 0 Å². The zero-order chi connectivity index (χ0) is 21.1. The summed E-state index contributed by atoms with van der Waals surface area (Å²) < 4.78 is 28.2. The van der Waals surface area contributed by atoms with Crippen LogP contribution in [-0.2, 0) is 29.4 Å². The van der Waals surface area contributed by atoms with Gasteiger partial charge in [-0.2, -0.15) is 0 Å². The predicted octanol–water partition coefficient (Wildman–Crippen LogP) is 3.81. The number of amides is 2. The standard InChI is InChI=1S/C20H25N2O6P/c1-3-27-29(25,28-4-2)15-16-7-9-17(10-8-16)22-20(24)14-21-19(23)12-11-18-6-5-13-26-18/h5-13H,3-4,14-15H2,1-2H3,(H,21,23)(H,22,24)/b12-11-. The van der Waals surface area contributed by atoms with Crippen molar-refractivity contribution >= 4 is 31.2 Å². The van der Waals surface area contributed by atoms with E-state index in [-0.39, 0.29) is 18.6 Å². The maximum absolute atomic E-state index is 12.6. The van der Waals surface area contributed by atoms with E-state index >= 15 is 0 Å². The fourth-order valence-electron chi connectivity index (χ4n) is 2.41. The molecule has 1 aromatic heterocycles. The molecule has 2 amide bonds. The van der Waals surface area contributed by atoms with Gasteiger partial charge in [-0.1, -0.05) is 12.1 Å². The molecule has 0 spiro atoms. The van der Waals surface area contributed by atoms with Crippen molar-refractivity contribution in [1.82, 2.24) is 5.32 Å². The zero-order valence-corrected chi connectivity index (χ0v) is 17.3. The summed E-state index contributed by atoms with van der Waals surface area (Å²) in [5.74, 6) is -0.232. The zero-order valence-electron chi connectivity index (χ0n) is 16.4. The van der Waals surface area contributed by atoms with Crippen molar-refractivity contribution in [2.45, 2.75) is 20.0 Å². The summed E-state index contributed by atoms with van der Waals surface area (Å²) in [5.41, 5.74) is 1.33. The van der Waals surface area contributed by atoms with Crippen LogP contribution in [0.15, 0.2) is 53.2 Å². The van der Waals surface area contributed by atoms with Crippen LogP contribution in [0.1, 0.15) is 25.2 Å². The highest BCUT2D eigenvalue weighted by Crippen LogP contribution is 2.51. The number of anilines is 1. The lowest BCUT2D eigenvalue weighted by Crippen LogP contribution is -2.31. The molecule has 0 radical (unpaired) electrons. The van der Waals surface area contributed by atoms with Crippen LogP contribution in [-0.4, -0.2) is 31.6 Å². The van der Waals surface area contributed by atoms with Crippen molar-refractivity contribution in [3.8, 4) is 0 Å². The molecule has 0 saturated carbocycles. The summed E-state index contributed by atoms with van der Waals surface area (Å²) in [7, 11) is -3.18. The second-order valence-corrected chi connectivity index (χ2v) is 7.97. The molecule has 29 heavy (non-hydrogen) atoms. The number of carbonyl (C=O) groups is 2. The summed E-state index contributed by atoms with van der Waals surface area (Å²) in [5, 5.41) is 5.17. The smallest absolute Gasteiger partial charge is 0.335 e. The lowest BCUT2D eigenvalue weighted by Gasteiger charge is -2.17. The minimum atomic E-state index is -3.18. The minimum Gasteiger partial charge on any atom is -0.465 e. The van der Waals surface area contributed by atoms with E-state index < -0.39 is 13.5 Å². The van der Waals surface area contributed by atoms with Crippen LogP contribution in [0, 0.1) is 0 Å². The van der Waals surface area contributed by atoms with Gasteiger partial charge in [-0.15, -0.1) is 0 Å². The van der Waals surface area contributed by atoms with Crippen LogP contribution in [0.25, 0.3) is 6.08 Å². The first-order chi connectivity index (χ1) is 13.9. The molecule has 2 aromatic rings. The second-order valence-electron chi connectivity index (χ2n) is 5.92. The Morgan fingerprint density at radius 2 is 1.79 bits per heavy atom. The Bertz CT molecular complexity index is 852. The van der Waals surface area contributed by atoms with Crippen LogP contribution in [0.5, 0.6) is 0 Å². The van der Waals surface area contributed by atoms with Gasteiger partial charge in [0.15, 0.2) is 0 Å². The molecule has 0 aliphatic rings. The van der Waals surface area contributed by atoms with Crippen LogP contribution in [0.4, 0.5) is 5.69 Å². The molecule has 0 atom stereocenters.